The highest BCUT2D eigenvalue weighted by atomic mass is 32.2. The number of benzene rings is 2. The molecular formula is C21H26N2O4S. The number of hydrogen-bond acceptors (Lipinski definition) is 4. The molecule has 0 saturated carbocycles. The summed E-state index contributed by atoms with van der Waals surface area (Å²) in [5.74, 6) is 0.186. The molecule has 0 unspecified atom stereocenters. The van der Waals surface area contributed by atoms with Gasteiger partial charge in [-0.05, 0) is 62.1 Å². The maximum atomic E-state index is 13.0. The third kappa shape index (κ3) is 4.20. The monoisotopic (exact) mass is 402 g/mol. The normalized spacial score (nSPS) is 15.2. The van der Waals surface area contributed by atoms with Gasteiger partial charge in [0, 0.05) is 18.7 Å². The van der Waals surface area contributed by atoms with Gasteiger partial charge in [-0.1, -0.05) is 18.6 Å². The molecule has 1 heterocycles. The lowest BCUT2D eigenvalue weighted by molar-refractivity contribution is 0.102. The van der Waals surface area contributed by atoms with Crippen LogP contribution in [0.5, 0.6) is 5.75 Å². The lowest BCUT2D eigenvalue weighted by Crippen LogP contribution is -2.35. The van der Waals surface area contributed by atoms with Crippen molar-refractivity contribution in [3.63, 3.8) is 0 Å². The lowest BCUT2D eigenvalue weighted by Gasteiger charge is -2.26. The average molecular weight is 403 g/mol. The fraction of sp³-hybridized carbons (Fsp3) is 0.381. The van der Waals surface area contributed by atoms with E-state index < -0.39 is 10.0 Å². The van der Waals surface area contributed by atoms with Crippen molar-refractivity contribution in [2.75, 3.05) is 25.5 Å². The maximum absolute atomic E-state index is 13.0. The Morgan fingerprint density at radius 2 is 1.75 bits per heavy atom. The van der Waals surface area contributed by atoms with E-state index >= 15 is 0 Å². The average Bonchev–Trinajstić information content (AvgIpc) is 2.69. The number of nitrogens with one attached hydrogen (secondary N) is 1. The van der Waals surface area contributed by atoms with E-state index in [2.05, 4.69) is 5.32 Å². The zero-order chi connectivity index (χ0) is 20.3. The van der Waals surface area contributed by atoms with Crippen molar-refractivity contribution in [3.05, 3.63) is 53.1 Å². The first kappa shape index (κ1) is 20.4. The van der Waals surface area contributed by atoms with Crippen molar-refractivity contribution in [2.24, 2.45) is 0 Å². The Morgan fingerprint density at radius 3 is 2.43 bits per heavy atom. The highest BCUT2D eigenvalue weighted by molar-refractivity contribution is 7.89. The van der Waals surface area contributed by atoms with Gasteiger partial charge in [0.05, 0.1) is 17.7 Å². The largest absolute Gasteiger partial charge is 0.495 e. The predicted molar refractivity (Wildman–Crippen MR) is 109 cm³/mol. The van der Waals surface area contributed by atoms with Crippen LogP contribution in [-0.2, 0) is 10.0 Å². The Bertz CT molecular complexity index is 980. The Labute approximate surface area is 166 Å². The summed E-state index contributed by atoms with van der Waals surface area (Å²) in [7, 11) is -2.06. The molecule has 2 aromatic rings. The van der Waals surface area contributed by atoms with E-state index in [1.165, 1.54) is 17.5 Å². The van der Waals surface area contributed by atoms with E-state index in [1.807, 2.05) is 19.1 Å². The zero-order valence-electron chi connectivity index (χ0n) is 16.5. The number of sulfonamides is 1. The Balaban J connectivity index is 1.91. The molecule has 1 N–H and O–H groups in total. The van der Waals surface area contributed by atoms with Gasteiger partial charge in [0.15, 0.2) is 0 Å². The number of nitrogens with zero attached hydrogens (tertiary/aromatic N) is 1. The summed E-state index contributed by atoms with van der Waals surface area (Å²) in [6.07, 6.45) is 2.78. The highest BCUT2D eigenvalue weighted by Crippen LogP contribution is 2.27. The molecule has 0 aliphatic carbocycles. The van der Waals surface area contributed by atoms with E-state index in [0.717, 1.165) is 24.8 Å². The van der Waals surface area contributed by atoms with Crippen LogP contribution in [0.25, 0.3) is 0 Å². The summed E-state index contributed by atoms with van der Waals surface area (Å²) in [4.78, 5) is 13.0. The van der Waals surface area contributed by atoms with Crippen molar-refractivity contribution in [2.45, 2.75) is 38.0 Å². The number of rotatable bonds is 5. The van der Waals surface area contributed by atoms with Crippen LogP contribution in [0.3, 0.4) is 0 Å². The minimum absolute atomic E-state index is 0.154. The first-order valence-corrected chi connectivity index (χ1v) is 10.8. The smallest absolute Gasteiger partial charge is 0.256 e. The summed E-state index contributed by atoms with van der Waals surface area (Å²) < 4.78 is 32.7. The molecule has 0 spiro atoms. The van der Waals surface area contributed by atoms with Gasteiger partial charge in [-0.15, -0.1) is 0 Å². The third-order valence-electron chi connectivity index (χ3n) is 5.01. The molecule has 0 radical (unpaired) electrons. The van der Waals surface area contributed by atoms with Crippen LogP contribution in [0.4, 0.5) is 5.69 Å². The Morgan fingerprint density at radius 1 is 1.04 bits per heavy atom. The van der Waals surface area contributed by atoms with Crippen molar-refractivity contribution < 1.29 is 17.9 Å². The van der Waals surface area contributed by atoms with Gasteiger partial charge in [0.25, 0.3) is 5.91 Å². The molecule has 0 aromatic heterocycles. The van der Waals surface area contributed by atoms with E-state index in [-0.39, 0.29) is 10.8 Å². The predicted octanol–water partition coefficient (Wildman–Crippen LogP) is 3.74. The fourth-order valence-corrected chi connectivity index (χ4v) is 4.91. The van der Waals surface area contributed by atoms with E-state index in [1.54, 1.807) is 25.1 Å². The fourth-order valence-electron chi connectivity index (χ4n) is 3.37. The van der Waals surface area contributed by atoms with Crippen LogP contribution in [0.2, 0.25) is 0 Å². The summed E-state index contributed by atoms with van der Waals surface area (Å²) in [5.41, 5.74) is 2.58. The van der Waals surface area contributed by atoms with Gasteiger partial charge in [-0.3, -0.25) is 4.79 Å². The van der Waals surface area contributed by atoms with Crippen LogP contribution >= 0.6 is 0 Å². The van der Waals surface area contributed by atoms with Gasteiger partial charge in [0.2, 0.25) is 10.0 Å². The van der Waals surface area contributed by atoms with Crippen molar-refractivity contribution >= 4 is 21.6 Å². The molecule has 6 nitrogen and oxygen atoms in total. The number of carbonyl (C=O) groups excluding carboxylic acids is 1. The van der Waals surface area contributed by atoms with Gasteiger partial charge >= 0.3 is 0 Å². The molecule has 1 aliphatic rings. The lowest BCUT2D eigenvalue weighted by atomic mass is 10.1. The molecule has 1 amide bonds. The van der Waals surface area contributed by atoms with Crippen LogP contribution in [0.15, 0.2) is 41.3 Å². The number of anilines is 1. The molecule has 3 rings (SSSR count). The maximum Gasteiger partial charge on any atom is 0.256 e. The second-order valence-corrected chi connectivity index (χ2v) is 9.04. The number of methoxy groups -OCH3 is 1. The number of ether oxygens (including phenoxy) is 1. The Kier molecular flexibility index (Phi) is 6.05. The minimum atomic E-state index is -3.60. The van der Waals surface area contributed by atoms with Crippen LogP contribution in [-0.4, -0.2) is 38.8 Å². The molecule has 0 bridgehead atoms. The summed E-state index contributed by atoms with van der Waals surface area (Å²) in [5, 5.41) is 2.85. The van der Waals surface area contributed by atoms with Crippen molar-refractivity contribution in [1.82, 2.24) is 4.31 Å². The van der Waals surface area contributed by atoms with Crippen LogP contribution in [0, 0.1) is 13.8 Å². The number of amides is 1. The SMILES string of the molecule is COc1ccc(C)cc1NC(=O)c1cc(S(=O)(=O)N2CCCCC2)ccc1C. The molecule has 7 heteroatoms. The third-order valence-corrected chi connectivity index (χ3v) is 6.90. The summed E-state index contributed by atoms with van der Waals surface area (Å²) in [6, 6.07) is 10.2. The second-order valence-electron chi connectivity index (χ2n) is 7.10. The second kappa shape index (κ2) is 8.32. The van der Waals surface area contributed by atoms with Gasteiger partial charge in [0.1, 0.15) is 5.75 Å². The molecule has 0 atom stereocenters. The molecular weight excluding hydrogens is 376 g/mol. The molecule has 1 fully saturated rings. The minimum Gasteiger partial charge on any atom is -0.495 e. The number of carbonyl (C=O) groups is 1. The Hall–Kier alpha value is -2.38. The molecule has 1 saturated heterocycles. The first-order chi connectivity index (χ1) is 13.3. The molecule has 150 valence electrons. The first-order valence-electron chi connectivity index (χ1n) is 9.40. The highest BCUT2D eigenvalue weighted by Gasteiger charge is 2.27. The van der Waals surface area contributed by atoms with Gasteiger partial charge in [-0.2, -0.15) is 4.31 Å². The van der Waals surface area contributed by atoms with E-state index in [4.69, 9.17) is 4.74 Å². The summed E-state index contributed by atoms with van der Waals surface area (Å²) in [6.45, 7) is 4.77. The number of piperidine rings is 1. The van der Waals surface area contributed by atoms with E-state index in [0.29, 0.717) is 35.7 Å². The zero-order valence-corrected chi connectivity index (χ0v) is 17.3. The standard InChI is InChI=1S/C21H26N2O4S/c1-15-7-10-20(27-3)19(13-15)22-21(24)18-14-17(9-8-16(18)2)28(25,26)23-11-5-4-6-12-23/h7-10,13-14H,4-6,11-12H2,1-3H3,(H,22,24). The summed E-state index contributed by atoms with van der Waals surface area (Å²) >= 11 is 0. The number of aryl methyl sites for hydroxylation is 2. The molecule has 1 aliphatic heterocycles. The van der Waals surface area contributed by atoms with Gasteiger partial charge in [-0.25, -0.2) is 8.42 Å². The quantitative estimate of drug-likeness (QED) is 0.827. The van der Waals surface area contributed by atoms with Crippen molar-refractivity contribution in [3.8, 4) is 5.75 Å². The van der Waals surface area contributed by atoms with E-state index in [9.17, 15) is 13.2 Å². The van der Waals surface area contributed by atoms with Gasteiger partial charge < -0.3 is 10.1 Å². The topological polar surface area (TPSA) is 75.7 Å². The molecule has 28 heavy (non-hydrogen) atoms. The number of hydrogen-bond donors (Lipinski definition) is 1. The van der Waals surface area contributed by atoms with Crippen molar-refractivity contribution in [1.29, 1.82) is 0 Å². The molecule has 2 aromatic carbocycles. The van der Waals surface area contributed by atoms with Crippen LogP contribution in [0.1, 0.15) is 40.7 Å². The van der Waals surface area contributed by atoms with Crippen LogP contribution < -0.4 is 10.1 Å².